The molecule has 1 aromatic carbocycles. The molecule has 94 valence electrons. The minimum absolute atomic E-state index is 0.358. The summed E-state index contributed by atoms with van der Waals surface area (Å²) in [5.74, 6) is 1.55. The number of rotatable bonds is 5. The van der Waals surface area contributed by atoms with Crippen LogP contribution in [0.4, 0.5) is 5.69 Å². The lowest BCUT2D eigenvalue weighted by Gasteiger charge is -2.33. The molecule has 0 radical (unpaired) electrons. The Hall–Kier alpha value is -1.42. The first-order valence-electron chi connectivity index (χ1n) is 6.06. The van der Waals surface area contributed by atoms with Crippen LogP contribution in [0.25, 0.3) is 0 Å². The van der Waals surface area contributed by atoms with Crippen LogP contribution in [0.5, 0.6) is 11.5 Å². The van der Waals surface area contributed by atoms with Crippen LogP contribution in [0.2, 0.25) is 0 Å². The van der Waals surface area contributed by atoms with Gasteiger partial charge in [0.2, 0.25) is 0 Å². The van der Waals surface area contributed by atoms with Crippen molar-refractivity contribution in [3.63, 3.8) is 0 Å². The van der Waals surface area contributed by atoms with Crippen LogP contribution in [0.1, 0.15) is 19.8 Å². The lowest BCUT2D eigenvalue weighted by Crippen LogP contribution is -2.44. The van der Waals surface area contributed by atoms with Gasteiger partial charge in [0.25, 0.3) is 0 Å². The highest BCUT2D eigenvalue weighted by atomic mass is 16.5. The number of methoxy groups -OCH3 is 1. The lowest BCUT2D eigenvalue weighted by molar-refractivity contribution is 0.311. The van der Waals surface area contributed by atoms with E-state index in [-0.39, 0.29) is 0 Å². The summed E-state index contributed by atoms with van der Waals surface area (Å²) in [6.45, 7) is 2.60. The predicted octanol–water partition coefficient (Wildman–Crippen LogP) is 2.00. The van der Waals surface area contributed by atoms with Crippen molar-refractivity contribution >= 4 is 5.69 Å². The van der Waals surface area contributed by atoms with Crippen molar-refractivity contribution in [3.8, 4) is 11.5 Å². The zero-order chi connectivity index (χ0) is 12.3. The highest BCUT2D eigenvalue weighted by Crippen LogP contribution is 2.32. The quantitative estimate of drug-likeness (QED) is 0.821. The molecule has 1 fully saturated rings. The third-order valence-electron chi connectivity index (χ3n) is 3.01. The first-order valence-corrected chi connectivity index (χ1v) is 6.06. The molecule has 17 heavy (non-hydrogen) atoms. The van der Waals surface area contributed by atoms with Gasteiger partial charge in [-0.15, -0.1) is 0 Å². The summed E-state index contributed by atoms with van der Waals surface area (Å²) in [5, 5.41) is 3.44. The minimum atomic E-state index is 0.358. The Morgan fingerprint density at radius 2 is 2.12 bits per heavy atom. The molecule has 0 amide bonds. The molecule has 4 nitrogen and oxygen atoms in total. The van der Waals surface area contributed by atoms with E-state index in [0.29, 0.717) is 18.7 Å². The topological polar surface area (TPSA) is 56.5 Å². The van der Waals surface area contributed by atoms with E-state index < -0.39 is 0 Å². The molecule has 0 heterocycles. The number of ether oxygens (including phenoxy) is 2. The highest BCUT2D eigenvalue weighted by molar-refractivity contribution is 5.55. The predicted molar refractivity (Wildman–Crippen MR) is 68.8 cm³/mol. The van der Waals surface area contributed by atoms with Gasteiger partial charge < -0.3 is 20.5 Å². The standard InChI is InChI=1S/C13H20N2O2/c1-3-17-12-5-4-10(8-13(12)16-2)15-11-6-9(14)7-11/h4-5,8-9,11,15H,3,6-7,14H2,1-2H3. The third-order valence-corrected chi connectivity index (χ3v) is 3.01. The van der Waals surface area contributed by atoms with Crippen molar-refractivity contribution in [2.75, 3.05) is 19.0 Å². The number of anilines is 1. The van der Waals surface area contributed by atoms with Gasteiger partial charge >= 0.3 is 0 Å². The fourth-order valence-electron chi connectivity index (χ4n) is 2.05. The smallest absolute Gasteiger partial charge is 0.162 e. The van der Waals surface area contributed by atoms with Crippen molar-refractivity contribution in [1.29, 1.82) is 0 Å². The third kappa shape index (κ3) is 2.82. The summed E-state index contributed by atoms with van der Waals surface area (Å²) in [4.78, 5) is 0. The Morgan fingerprint density at radius 1 is 1.35 bits per heavy atom. The average Bonchev–Trinajstić information content (AvgIpc) is 2.29. The van der Waals surface area contributed by atoms with Gasteiger partial charge in [-0.2, -0.15) is 0 Å². The maximum absolute atomic E-state index is 5.76. The Labute approximate surface area is 102 Å². The van der Waals surface area contributed by atoms with Crippen molar-refractivity contribution < 1.29 is 9.47 Å². The normalized spacial score (nSPS) is 22.8. The van der Waals surface area contributed by atoms with Crippen molar-refractivity contribution in [2.24, 2.45) is 5.73 Å². The second kappa shape index (κ2) is 5.27. The molecule has 1 aromatic rings. The number of nitrogens with two attached hydrogens (primary N) is 1. The van der Waals surface area contributed by atoms with Crippen LogP contribution >= 0.6 is 0 Å². The molecule has 2 rings (SSSR count). The fraction of sp³-hybridized carbons (Fsp3) is 0.538. The highest BCUT2D eigenvalue weighted by Gasteiger charge is 2.25. The van der Waals surface area contributed by atoms with Crippen LogP contribution in [0.3, 0.4) is 0 Å². The van der Waals surface area contributed by atoms with E-state index in [2.05, 4.69) is 5.32 Å². The van der Waals surface area contributed by atoms with Gasteiger partial charge in [-0.05, 0) is 31.9 Å². The second-order valence-corrected chi connectivity index (χ2v) is 4.37. The van der Waals surface area contributed by atoms with E-state index in [0.717, 1.165) is 30.0 Å². The summed E-state index contributed by atoms with van der Waals surface area (Å²) in [6, 6.07) is 6.76. The van der Waals surface area contributed by atoms with E-state index in [1.165, 1.54) is 0 Å². The molecular weight excluding hydrogens is 216 g/mol. The summed E-state index contributed by atoms with van der Waals surface area (Å²) >= 11 is 0. The molecule has 1 saturated carbocycles. The SMILES string of the molecule is CCOc1ccc(NC2CC(N)C2)cc1OC. The van der Waals surface area contributed by atoms with E-state index in [9.17, 15) is 0 Å². The first kappa shape index (κ1) is 12.0. The lowest BCUT2D eigenvalue weighted by atomic mass is 9.87. The molecule has 1 aliphatic rings. The molecule has 4 heteroatoms. The molecule has 0 aliphatic heterocycles. The van der Waals surface area contributed by atoms with Crippen LogP contribution in [0.15, 0.2) is 18.2 Å². The summed E-state index contributed by atoms with van der Waals surface area (Å²) in [5.41, 5.74) is 6.82. The van der Waals surface area contributed by atoms with Crippen molar-refractivity contribution in [1.82, 2.24) is 0 Å². The maximum Gasteiger partial charge on any atom is 0.162 e. The second-order valence-electron chi connectivity index (χ2n) is 4.37. The van der Waals surface area contributed by atoms with E-state index in [1.807, 2.05) is 25.1 Å². The van der Waals surface area contributed by atoms with Crippen molar-refractivity contribution in [2.45, 2.75) is 31.8 Å². The Morgan fingerprint density at radius 3 is 2.71 bits per heavy atom. The van der Waals surface area contributed by atoms with Crippen LogP contribution < -0.4 is 20.5 Å². The van der Waals surface area contributed by atoms with Gasteiger partial charge in [0.05, 0.1) is 13.7 Å². The number of benzene rings is 1. The van der Waals surface area contributed by atoms with E-state index in [4.69, 9.17) is 15.2 Å². The maximum atomic E-state index is 5.76. The van der Waals surface area contributed by atoms with Gasteiger partial charge in [0, 0.05) is 23.8 Å². The molecular formula is C13H20N2O2. The zero-order valence-electron chi connectivity index (χ0n) is 10.4. The molecule has 1 aliphatic carbocycles. The van der Waals surface area contributed by atoms with Gasteiger partial charge in [-0.3, -0.25) is 0 Å². The molecule has 0 saturated heterocycles. The molecule has 0 spiro atoms. The van der Waals surface area contributed by atoms with Gasteiger partial charge in [-0.1, -0.05) is 0 Å². The van der Waals surface area contributed by atoms with E-state index >= 15 is 0 Å². The zero-order valence-corrected chi connectivity index (χ0v) is 10.4. The monoisotopic (exact) mass is 236 g/mol. The number of hydrogen-bond acceptors (Lipinski definition) is 4. The molecule has 3 N–H and O–H groups in total. The molecule has 0 unspecified atom stereocenters. The number of nitrogens with one attached hydrogen (secondary N) is 1. The fourth-order valence-corrected chi connectivity index (χ4v) is 2.05. The van der Waals surface area contributed by atoms with Gasteiger partial charge in [-0.25, -0.2) is 0 Å². The minimum Gasteiger partial charge on any atom is -0.493 e. The molecule has 0 atom stereocenters. The summed E-state index contributed by atoms with van der Waals surface area (Å²) in [7, 11) is 1.65. The van der Waals surface area contributed by atoms with Crippen LogP contribution in [-0.2, 0) is 0 Å². The average molecular weight is 236 g/mol. The Kier molecular flexibility index (Phi) is 3.74. The van der Waals surface area contributed by atoms with Crippen LogP contribution in [0, 0.1) is 0 Å². The van der Waals surface area contributed by atoms with Crippen molar-refractivity contribution in [3.05, 3.63) is 18.2 Å². The Balaban J connectivity index is 2.03. The number of hydrogen-bond donors (Lipinski definition) is 2. The molecule has 0 bridgehead atoms. The van der Waals surface area contributed by atoms with Gasteiger partial charge in [0.1, 0.15) is 0 Å². The molecule has 0 aromatic heterocycles. The summed E-state index contributed by atoms with van der Waals surface area (Å²) in [6.07, 6.45) is 2.07. The summed E-state index contributed by atoms with van der Waals surface area (Å²) < 4.78 is 10.8. The van der Waals surface area contributed by atoms with Crippen LogP contribution in [-0.4, -0.2) is 25.8 Å². The first-order chi connectivity index (χ1) is 8.22. The van der Waals surface area contributed by atoms with E-state index in [1.54, 1.807) is 7.11 Å². The largest absolute Gasteiger partial charge is 0.493 e. The van der Waals surface area contributed by atoms with Gasteiger partial charge in [0.15, 0.2) is 11.5 Å². The Bertz CT molecular complexity index is 376.